The molecule has 0 saturated carbocycles. The van der Waals surface area contributed by atoms with Crippen molar-refractivity contribution in [3.63, 3.8) is 0 Å². The minimum Gasteiger partial charge on any atom is -0.497 e. The zero-order valence-electron chi connectivity index (χ0n) is 16.0. The van der Waals surface area contributed by atoms with E-state index in [9.17, 15) is 0 Å². The average molecular weight is 348 g/mol. The van der Waals surface area contributed by atoms with Crippen LogP contribution in [0.2, 0.25) is 0 Å². The van der Waals surface area contributed by atoms with E-state index in [4.69, 9.17) is 14.5 Å². The van der Waals surface area contributed by atoms with E-state index in [1.54, 1.807) is 7.11 Å². The van der Waals surface area contributed by atoms with Crippen LogP contribution in [0.5, 0.6) is 5.75 Å². The fraction of sp³-hybridized carbons (Fsp3) is 0.650. The molecule has 1 N–H and O–H groups in total. The normalized spacial score (nSPS) is 15.9. The highest BCUT2D eigenvalue weighted by molar-refractivity contribution is 5.79. The van der Waals surface area contributed by atoms with Gasteiger partial charge in [0.1, 0.15) is 5.75 Å². The van der Waals surface area contributed by atoms with E-state index in [1.165, 1.54) is 24.8 Å². The van der Waals surface area contributed by atoms with Crippen molar-refractivity contribution in [2.45, 2.75) is 32.6 Å². The third kappa shape index (κ3) is 6.94. The smallest absolute Gasteiger partial charge is 0.193 e. The van der Waals surface area contributed by atoms with E-state index in [2.05, 4.69) is 36.3 Å². The lowest BCUT2D eigenvalue weighted by Crippen LogP contribution is -2.40. The first-order valence-electron chi connectivity index (χ1n) is 9.43. The van der Waals surface area contributed by atoms with Crippen LogP contribution in [0, 0.1) is 5.92 Å². The van der Waals surface area contributed by atoms with Crippen LogP contribution in [-0.4, -0.2) is 57.9 Å². The minimum absolute atomic E-state index is 0.775. The summed E-state index contributed by atoms with van der Waals surface area (Å²) in [4.78, 5) is 7.05. The Hall–Kier alpha value is -1.75. The summed E-state index contributed by atoms with van der Waals surface area (Å²) in [5.74, 6) is 2.69. The summed E-state index contributed by atoms with van der Waals surface area (Å²) >= 11 is 0. The van der Waals surface area contributed by atoms with Gasteiger partial charge in [-0.15, -0.1) is 0 Å². The van der Waals surface area contributed by atoms with Crippen molar-refractivity contribution in [3.05, 3.63) is 29.8 Å². The van der Waals surface area contributed by atoms with Crippen molar-refractivity contribution in [2.24, 2.45) is 10.9 Å². The molecule has 1 aliphatic rings. The molecule has 1 aromatic rings. The van der Waals surface area contributed by atoms with E-state index >= 15 is 0 Å². The minimum atomic E-state index is 0.775. The van der Waals surface area contributed by atoms with Crippen LogP contribution in [0.25, 0.3) is 0 Å². The van der Waals surface area contributed by atoms with Crippen molar-refractivity contribution in [3.8, 4) is 5.75 Å². The molecule has 1 heterocycles. The highest BCUT2D eigenvalue weighted by atomic mass is 16.5. The predicted octanol–water partition coefficient (Wildman–Crippen LogP) is 2.95. The number of hydrogen-bond donors (Lipinski definition) is 1. The second kappa shape index (κ2) is 11.0. The third-order valence-electron chi connectivity index (χ3n) is 4.71. The SMILES string of the molecule is CCNC(=NCCc1cccc(OC)c1)N(C)CCC1CCOCC1. The Kier molecular flexibility index (Phi) is 8.60. The molecule has 0 spiro atoms. The number of aliphatic imine (C=N–C) groups is 1. The summed E-state index contributed by atoms with van der Waals surface area (Å²) in [5.41, 5.74) is 1.25. The molecule has 140 valence electrons. The number of hydrogen-bond acceptors (Lipinski definition) is 3. The Balaban J connectivity index is 1.83. The Morgan fingerprint density at radius 3 is 2.88 bits per heavy atom. The molecule has 0 amide bonds. The zero-order chi connectivity index (χ0) is 17.9. The van der Waals surface area contributed by atoms with Crippen molar-refractivity contribution in [2.75, 3.05) is 47.0 Å². The summed E-state index contributed by atoms with van der Waals surface area (Å²) in [6.45, 7) is 6.66. The topological polar surface area (TPSA) is 46.1 Å². The highest BCUT2D eigenvalue weighted by Gasteiger charge is 2.15. The fourth-order valence-corrected chi connectivity index (χ4v) is 3.11. The standard InChI is InChI=1S/C20H33N3O2/c1-4-21-20(23(2)13-9-17-10-14-25-15-11-17)22-12-8-18-6-5-7-19(16-18)24-3/h5-7,16-17H,4,8-15H2,1-3H3,(H,21,22). The van der Waals surface area contributed by atoms with Crippen LogP contribution in [0.4, 0.5) is 0 Å². The van der Waals surface area contributed by atoms with Gasteiger partial charge in [0.05, 0.1) is 7.11 Å². The van der Waals surface area contributed by atoms with Gasteiger partial charge < -0.3 is 19.7 Å². The Bertz CT molecular complexity index is 527. The van der Waals surface area contributed by atoms with Crippen LogP contribution in [0.3, 0.4) is 0 Å². The molecule has 0 unspecified atom stereocenters. The lowest BCUT2D eigenvalue weighted by Gasteiger charge is -2.26. The molecular formula is C20H33N3O2. The maximum Gasteiger partial charge on any atom is 0.193 e. The molecule has 0 bridgehead atoms. The van der Waals surface area contributed by atoms with Gasteiger partial charge in [0.25, 0.3) is 0 Å². The molecule has 5 nitrogen and oxygen atoms in total. The molecule has 0 radical (unpaired) electrons. The summed E-state index contributed by atoms with van der Waals surface area (Å²) < 4.78 is 10.7. The molecule has 0 aliphatic carbocycles. The van der Waals surface area contributed by atoms with E-state index in [-0.39, 0.29) is 0 Å². The lowest BCUT2D eigenvalue weighted by atomic mass is 9.96. The summed E-state index contributed by atoms with van der Waals surface area (Å²) in [5, 5.41) is 3.41. The molecule has 1 aliphatic heterocycles. The van der Waals surface area contributed by atoms with Crippen molar-refractivity contribution in [1.29, 1.82) is 0 Å². The third-order valence-corrected chi connectivity index (χ3v) is 4.71. The fourth-order valence-electron chi connectivity index (χ4n) is 3.11. The number of rotatable bonds is 8. The molecule has 1 fully saturated rings. The Morgan fingerprint density at radius 1 is 1.36 bits per heavy atom. The zero-order valence-corrected chi connectivity index (χ0v) is 16.0. The number of guanidine groups is 1. The monoisotopic (exact) mass is 347 g/mol. The maximum absolute atomic E-state index is 5.45. The quantitative estimate of drug-likeness (QED) is 0.580. The van der Waals surface area contributed by atoms with E-state index in [0.717, 1.165) is 56.9 Å². The van der Waals surface area contributed by atoms with Crippen LogP contribution >= 0.6 is 0 Å². The van der Waals surface area contributed by atoms with Crippen LogP contribution < -0.4 is 10.1 Å². The van der Waals surface area contributed by atoms with Crippen LogP contribution in [0.15, 0.2) is 29.3 Å². The molecule has 2 rings (SSSR count). The van der Waals surface area contributed by atoms with Crippen LogP contribution in [0.1, 0.15) is 31.7 Å². The van der Waals surface area contributed by atoms with Crippen molar-refractivity contribution < 1.29 is 9.47 Å². The van der Waals surface area contributed by atoms with Gasteiger partial charge >= 0.3 is 0 Å². The Morgan fingerprint density at radius 2 is 2.16 bits per heavy atom. The average Bonchev–Trinajstić information content (AvgIpc) is 2.66. The first-order chi connectivity index (χ1) is 12.2. The summed E-state index contributed by atoms with van der Waals surface area (Å²) in [6.07, 6.45) is 4.51. The highest BCUT2D eigenvalue weighted by Crippen LogP contribution is 2.18. The van der Waals surface area contributed by atoms with Gasteiger partial charge in [-0.2, -0.15) is 0 Å². The molecule has 1 saturated heterocycles. The van der Waals surface area contributed by atoms with Gasteiger partial charge in [-0.05, 0) is 56.2 Å². The maximum atomic E-state index is 5.45. The second-order valence-corrected chi connectivity index (χ2v) is 6.60. The number of nitrogens with zero attached hydrogens (tertiary/aromatic N) is 2. The van der Waals surface area contributed by atoms with Crippen LogP contribution in [-0.2, 0) is 11.2 Å². The second-order valence-electron chi connectivity index (χ2n) is 6.60. The molecule has 25 heavy (non-hydrogen) atoms. The van der Waals surface area contributed by atoms with Gasteiger partial charge in [-0.25, -0.2) is 0 Å². The molecule has 0 aromatic heterocycles. The molecule has 1 aromatic carbocycles. The van der Waals surface area contributed by atoms with Crippen molar-refractivity contribution >= 4 is 5.96 Å². The van der Waals surface area contributed by atoms with Gasteiger partial charge in [0.15, 0.2) is 5.96 Å². The molecular weight excluding hydrogens is 314 g/mol. The number of ether oxygens (including phenoxy) is 2. The van der Waals surface area contributed by atoms with Crippen molar-refractivity contribution in [1.82, 2.24) is 10.2 Å². The first-order valence-corrected chi connectivity index (χ1v) is 9.43. The first kappa shape index (κ1) is 19.6. The van der Waals surface area contributed by atoms with Gasteiger partial charge in [-0.3, -0.25) is 4.99 Å². The number of methoxy groups -OCH3 is 1. The number of benzene rings is 1. The van der Waals surface area contributed by atoms with E-state index < -0.39 is 0 Å². The number of nitrogens with one attached hydrogen (secondary N) is 1. The summed E-state index contributed by atoms with van der Waals surface area (Å²) in [7, 11) is 3.83. The summed E-state index contributed by atoms with van der Waals surface area (Å²) in [6, 6.07) is 8.21. The predicted molar refractivity (Wildman–Crippen MR) is 103 cm³/mol. The lowest BCUT2D eigenvalue weighted by molar-refractivity contribution is 0.0625. The van der Waals surface area contributed by atoms with E-state index in [1.807, 2.05) is 12.1 Å². The largest absolute Gasteiger partial charge is 0.497 e. The van der Waals surface area contributed by atoms with Gasteiger partial charge in [0.2, 0.25) is 0 Å². The molecule has 5 heteroatoms. The molecule has 0 atom stereocenters. The van der Waals surface area contributed by atoms with Gasteiger partial charge in [-0.1, -0.05) is 12.1 Å². The Labute approximate surface area is 152 Å². The van der Waals surface area contributed by atoms with E-state index in [0.29, 0.717) is 0 Å². The van der Waals surface area contributed by atoms with Gasteiger partial charge in [0, 0.05) is 39.9 Å².